The summed E-state index contributed by atoms with van der Waals surface area (Å²) in [5, 5.41) is 0. The van der Waals surface area contributed by atoms with Gasteiger partial charge in [0.2, 0.25) is 5.54 Å². The molecule has 0 unspecified atom stereocenters. The van der Waals surface area contributed by atoms with Crippen LogP contribution in [0.4, 0.5) is 0 Å². The summed E-state index contributed by atoms with van der Waals surface area (Å²) in [7, 11) is 0. The Morgan fingerprint density at radius 1 is 1.14 bits per heavy atom. The van der Waals surface area contributed by atoms with Gasteiger partial charge in [-0.05, 0) is 19.4 Å². The monoisotopic (exact) mass is 307 g/mol. The molecule has 0 N–H and O–H groups in total. The van der Waals surface area contributed by atoms with Crippen LogP contribution in [0.2, 0.25) is 0 Å². The van der Waals surface area contributed by atoms with Crippen molar-refractivity contribution in [2.24, 2.45) is 0 Å². The van der Waals surface area contributed by atoms with Crippen LogP contribution in [0.15, 0.2) is 30.3 Å². The van der Waals surface area contributed by atoms with Crippen molar-refractivity contribution in [2.75, 3.05) is 26.6 Å². The molecule has 0 aromatic heterocycles. The second kappa shape index (κ2) is 7.38. The normalized spacial score (nSPS) is 17.2. The third-order valence-electron chi connectivity index (χ3n) is 3.54. The lowest BCUT2D eigenvalue weighted by atomic mass is 9.99. The Kier molecular flexibility index (Phi) is 5.51. The molecule has 1 heterocycles. The van der Waals surface area contributed by atoms with Crippen LogP contribution in [-0.2, 0) is 30.3 Å². The fourth-order valence-electron chi connectivity index (χ4n) is 2.45. The molecule has 22 heavy (non-hydrogen) atoms. The summed E-state index contributed by atoms with van der Waals surface area (Å²) in [6.07, 6.45) is 0. The van der Waals surface area contributed by atoms with Crippen LogP contribution in [0.1, 0.15) is 19.4 Å². The molecule has 1 aromatic carbocycles. The zero-order valence-electron chi connectivity index (χ0n) is 12.9. The number of benzene rings is 1. The molecule has 0 spiro atoms. The highest BCUT2D eigenvalue weighted by Gasteiger charge is 2.57. The van der Waals surface area contributed by atoms with Crippen LogP contribution in [0.3, 0.4) is 0 Å². The van der Waals surface area contributed by atoms with Crippen LogP contribution in [-0.4, -0.2) is 48.9 Å². The molecule has 0 bridgehead atoms. The van der Waals surface area contributed by atoms with Gasteiger partial charge in [-0.2, -0.15) is 0 Å². The van der Waals surface area contributed by atoms with Crippen LogP contribution in [0.25, 0.3) is 0 Å². The summed E-state index contributed by atoms with van der Waals surface area (Å²) in [5.41, 5.74) is -0.548. The maximum atomic E-state index is 12.4. The number of carbonyl (C=O) groups excluding carboxylic acids is 2. The minimum Gasteiger partial charge on any atom is -0.464 e. The van der Waals surface area contributed by atoms with E-state index in [1.165, 1.54) is 0 Å². The van der Waals surface area contributed by atoms with Crippen molar-refractivity contribution in [3.8, 4) is 0 Å². The maximum Gasteiger partial charge on any atom is 0.340 e. The van der Waals surface area contributed by atoms with Gasteiger partial charge >= 0.3 is 11.9 Å². The van der Waals surface area contributed by atoms with E-state index in [4.69, 9.17) is 14.2 Å². The Bertz CT molecular complexity index is 499. The molecule has 0 amide bonds. The van der Waals surface area contributed by atoms with E-state index in [1.54, 1.807) is 18.7 Å². The molecule has 0 atom stereocenters. The van der Waals surface area contributed by atoms with Crippen molar-refractivity contribution in [3.05, 3.63) is 35.9 Å². The molecular weight excluding hydrogens is 286 g/mol. The maximum absolute atomic E-state index is 12.4. The largest absolute Gasteiger partial charge is 0.464 e. The number of rotatable bonds is 6. The Hall–Kier alpha value is -1.92. The smallest absolute Gasteiger partial charge is 0.340 e. The first-order valence-electron chi connectivity index (χ1n) is 7.36. The summed E-state index contributed by atoms with van der Waals surface area (Å²) < 4.78 is 15.6. The van der Waals surface area contributed by atoms with E-state index in [-0.39, 0.29) is 26.6 Å². The average Bonchev–Trinajstić information content (AvgIpc) is 2.93. The number of hydrogen-bond donors (Lipinski definition) is 0. The number of hydrogen-bond acceptors (Lipinski definition) is 6. The quantitative estimate of drug-likeness (QED) is 0.584. The van der Waals surface area contributed by atoms with Crippen molar-refractivity contribution < 1.29 is 23.8 Å². The fourth-order valence-corrected chi connectivity index (χ4v) is 2.45. The van der Waals surface area contributed by atoms with Crippen molar-refractivity contribution >= 4 is 11.9 Å². The van der Waals surface area contributed by atoms with Crippen LogP contribution >= 0.6 is 0 Å². The first-order chi connectivity index (χ1) is 10.6. The molecule has 1 saturated heterocycles. The van der Waals surface area contributed by atoms with Gasteiger partial charge in [0, 0.05) is 6.54 Å². The van der Waals surface area contributed by atoms with Crippen molar-refractivity contribution in [3.63, 3.8) is 0 Å². The first-order valence-corrected chi connectivity index (χ1v) is 7.36. The molecule has 0 aliphatic carbocycles. The summed E-state index contributed by atoms with van der Waals surface area (Å²) in [5.74, 6) is -1.25. The van der Waals surface area contributed by atoms with E-state index in [0.717, 1.165) is 5.56 Å². The molecule has 1 aromatic rings. The first kappa shape index (κ1) is 16.5. The third kappa shape index (κ3) is 3.13. The van der Waals surface area contributed by atoms with Gasteiger partial charge < -0.3 is 14.2 Å². The third-order valence-corrected chi connectivity index (χ3v) is 3.54. The van der Waals surface area contributed by atoms with E-state index >= 15 is 0 Å². The molecule has 1 aliphatic rings. The second-order valence-corrected chi connectivity index (χ2v) is 4.96. The number of esters is 2. The molecule has 1 aliphatic heterocycles. The Labute approximate surface area is 129 Å². The van der Waals surface area contributed by atoms with E-state index in [2.05, 4.69) is 0 Å². The minimum absolute atomic E-state index is 0.0580. The van der Waals surface area contributed by atoms with Crippen molar-refractivity contribution in [2.45, 2.75) is 25.9 Å². The van der Waals surface area contributed by atoms with Gasteiger partial charge in [0.25, 0.3) is 0 Å². The summed E-state index contributed by atoms with van der Waals surface area (Å²) in [4.78, 5) is 26.5. The van der Waals surface area contributed by atoms with Gasteiger partial charge in [0.1, 0.15) is 6.73 Å². The number of ether oxygens (including phenoxy) is 3. The van der Waals surface area contributed by atoms with Crippen molar-refractivity contribution in [1.29, 1.82) is 0 Å². The SMILES string of the molecule is CCOC(=O)C1(C(=O)OCC)COCN1Cc1ccccc1. The van der Waals surface area contributed by atoms with E-state index < -0.39 is 17.5 Å². The van der Waals surface area contributed by atoms with Gasteiger partial charge in [-0.25, -0.2) is 14.5 Å². The average molecular weight is 307 g/mol. The highest BCUT2D eigenvalue weighted by atomic mass is 16.6. The highest BCUT2D eigenvalue weighted by molar-refractivity contribution is 6.05. The second-order valence-electron chi connectivity index (χ2n) is 4.96. The van der Waals surface area contributed by atoms with E-state index in [1.807, 2.05) is 30.3 Å². The predicted octanol–water partition coefficient (Wildman–Crippen LogP) is 1.34. The minimum atomic E-state index is -1.53. The van der Waals surface area contributed by atoms with E-state index in [0.29, 0.717) is 6.54 Å². The fraction of sp³-hybridized carbons (Fsp3) is 0.500. The summed E-state index contributed by atoms with van der Waals surface area (Å²) in [6, 6.07) is 9.58. The van der Waals surface area contributed by atoms with Gasteiger partial charge in [0.05, 0.1) is 19.8 Å². The predicted molar refractivity (Wildman–Crippen MR) is 78.8 cm³/mol. The zero-order valence-corrected chi connectivity index (χ0v) is 12.9. The summed E-state index contributed by atoms with van der Waals surface area (Å²) >= 11 is 0. The lowest BCUT2D eigenvalue weighted by Crippen LogP contribution is -2.59. The molecular formula is C16H21NO5. The van der Waals surface area contributed by atoms with Gasteiger partial charge in [0.15, 0.2) is 0 Å². The molecule has 0 radical (unpaired) electrons. The van der Waals surface area contributed by atoms with Gasteiger partial charge in [-0.1, -0.05) is 30.3 Å². The summed E-state index contributed by atoms with van der Waals surface area (Å²) in [6.45, 7) is 4.31. The van der Waals surface area contributed by atoms with E-state index in [9.17, 15) is 9.59 Å². The highest BCUT2D eigenvalue weighted by Crippen LogP contribution is 2.28. The standard InChI is InChI=1S/C16H21NO5/c1-3-21-14(18)16(15(19)22-4-2)11-20-12-17(16)10-13-8-6-5-7-9-13/h5-9H,3-4,10-12H2,1-2H3. The Morgan fingerprint density at radius 3 is 2.27 bits per heavy atom. The molecule has 6 heteroatoms. The van der Waals surface area contributed by atoms with Gasteiger partial charge in [-0.3, -0.25) is 0 Å². The lowest BCUT2D eigenvalue weighted by Gasteiger charge is -2.31. The molecule has 2 rings (SSSR count). The molecule has 0 saturated carbocycles. The van der Waals surface area contributed by atoms with Gasteiger partial charge in [-0.15, -0.1) is 0 Å². The lowest BCUT2D eigenvalue weighted by molar-refractivity contribution is -0.172. The topological polar surface area (TPSA) is 65.1 Å². The molecule has 6 nitrogen and oxygen atoms in total. The molecule has 1 fully saturated rings. The van der Waals surface area contributed by atoms with Crippen LogP contribution in [0.5, 0.6) is 0 Å². The van der Waals surface area contributed by atoms with Crippen molar-refractivity contribution in [1.82, 2.24) is 4.90 Å². The van der Waals surface area contributed by atoms with Crippen LogP contribution in [0, 0.1) is 0 Å². The molecule has 120 valence electrons. The number of nitrogens with zero attached hydrogens (tertiary/aromatic N) is 1. The van der Waals surface area contributed by atoms with Crippen LogP contribution < -0.4 is 0 Å². The Balaban J connectivity index is 2.29. The Morgan fingerprint density at radius 2 is 1.73 bits per heavy atom. The zero-order chi connectivity index (χ0) is 16.0. The number of carbonyl (C=O) groups is 2.